The third kappa shape index (κ3) is 3.23. The summed E-state index contributed by atoms with van der Waals surface area (Å²) in [7, 11) is 1.73. The third-order valence-corrected chi connectivity index (χ3v) is 4.45. The van der Waals surface area contributed by atoms with Crippen LogP contribution in [0.15, 0.2) is 16.6 Å². The van der Waals surface area contributed by atoms with E-state index in [0.29, 0.717) is 0 Å². The first kappa shape index (κ1) is 12.9. The maximum atomic E-state index is 5.34. The van der Waals surface area contributed by atoms with Gasteiger partial charge in [-0.2, -0.15) is 0 Å². The minimum atomic E-state index is 0.814. The van der Waals surface area contributed by atoms with Crippen LogP contribution in [0.1, 0.15) is 24.0 Å². The molecule has 1 aromatic carbocycles. The van der Waals surface area contributed by atoms with E-state index in [1.807, 2.05) is 6.07 Å². The van der Waals surface area contributed by atoms with E-state index in [1.54, 1.807) is 7.11 Å². The second kappa shape index (κ2) is 5.87. The van der Waals surface area contributed by atoms with E-state index >= 15 is 0 Å². The summed E-state index contributed by atoms with van der Waals surface area (Å²) in [6.07, 6.45) is 3.74. The van der Waals surface area contributed by atoms with E-state index in [1.165, 1.54) is 30.4 Å². The molecule has 0 atom stereocenters. The Bertz CT molecular complexity index is 386. The summed E-state index contributed by atoms with van der Waals surface area (Å²) in [5.74, 6) is 1.76. The van der Waals surface area contributed by atoms with Crippen molar-refractivity contribution < 1.29 is 4.74 Å². The lowest BCUT2D eigenvalue weighted by atomic mass is 9.89. The lowest BCUT2D eigenvalue weighted by Crippen LogP contribution is -2.28. The molecule has 0 saturated carbocycles. The number of methoxy groups -OCH3 is 1. The average molecular weight is 298 g/mol. The smallest absolute Gasteiger partial charge is 0.120 e. The summed E-state index contributed by atoms with van der Waals surface area (Å²) in [5.41, 5.74) is 2.77. The first-order valence-electron chi connectivity index (χ1n) is 6.24. The van der Waals surface area contributed by atoms with E-state index < -0.39 is 0 Å². The van der Waals surface area contributed by atoms with Gasteiger partial charge in [0.2, 0.25) is 0 Å². The highest BCUT2D eigenvalue weighted by molar-refractivity contribution is 9.10. The van der Waals surface area contributed by atoms with Gasteiger partial charge in [0, 0.05) is 4.47 Å². The molecule has 0 amide bonds. The fraction of sp³-hybridized carbons (Fsp3) is 0.571. The van der Waals surface area contributed by atoms with Crippen molar-refractivity contribution in [1.29, 1.82) is 0 Å². The van der Waals surface area contributed by atoms with Crippen LogP contribution >= 0.6 is 15.9 Å². The highest BCUT2D eigenvalue weighted by atomic mass is 79.9. The molecular formula is C14H20BrNO. The van der Waals surface area contributed by atoms with Gasteiger partial charge in [-0.1, -0.05) is 15.9 Å². The van der Waals surface area contributed by atoms with E-state index in [4.69, 9.17) is 4.74 Å². The minimum Gasteiger partial charge on any atom is -0.497 e. The molecule has 1 fully saturated rings. The molecule has 1 aliphatic heterocycles. The van der Waals surface area contributed by atoms with Crippen molar-refractivity contribution in [2.45, 2.75) is 26.2 Å². The topological polar surface area (TPSA) is 21.3 Å². The summed E-state index contributed by atoms with van der Waals surface area (Å²) in [5, 5.41) is 3.42. The van der Waals surface area contributed by atoms with Crippen LogP contribution in [0.4, 0.5) is 0 Å². The van der Waals surface area contributed by atoms with E-state index in [0.717, 1.165) is 29.2 Å². The largest absolute Gasteiger partial charge is 0.497 e. The number of halogens is 1. The molecule has 2 nitrogen and oxygen atoms in total. The molecule has 0 unspecified atom stereocenters. The number of piperidine rings is 1. The molecule has 1 saturated heterocycles. The highest BCUT2D eigenvalue weighted by Crippen LogP contribution is 2.29. The Labute approximate surface area is 112 Å². The quantitative estimate of drug-likeness (QED) is 0.924. The number of hydrogen-bond donors (Lipinski definition) is 1. The van der Waals surface area contributed by atoms with Crippen LogP contribution in [-0.4, -0.2) is 20.2 Å². The molecule has 0 radical (unpaired) electrons. The second-order valence-corrected chi connectivity index (χ2v) is 5.65. The summed E-state index contributed by atoms with van der Waals surface area (Å²) >= 11 is 3.61. The highest BCUT2D eigenvalue weighted by Gasteiger charge is 2.16. The van der Waals surface area contributed by atoms with Crippen LogP contribution in [-0.2, 0) is 6.42 Å². The van der Waals surface area contributed by atoms with Crippen LogP contribution in [0, 0.1) is 12.8 Å². The number of ether oxygens (including phenoxy) is 1. The molecule has 0 bridgehead atoms. The van der Waals surface area contributed by atoms with Crippen LogP contribution in [0.2, 0.25) is 0 Å². The first-order chi connectivity index (χ1) is 8.20. The molecule has 0 aromatic heterocycles. The predicted octanol–water partition coefficient (Wildman–Crippen LogP) is 3.31. The van der Waals surface area contributed by atoms with Crippen molar-refractivity contribution >= 4 is 15.9 Å². The lowest BCUT2D eigenvalue weighted by Gasteiger charge is -2.23. The van der Waals surface area contributed by atoms with Crippen molar-refractivity contribution in [3.63, 3.8) is 0 Å². The number of hydrogen-bond acceptors (Lipinski definition) is 2. The molecule has 3 heteroatoms. The van der Waals surface area contributed by atoms with Crippen molar-refractivity contribution in [2.75, 3.05) is 20.2 Å². The number of benzene rings is 1. The Hall–Kier alpha value is -0.540. The number of rotatable bonds is 3. The van der Waals surface area contributed by atoms with Gasteiger partial charge < -0.3 is 10.1 Å². The van der Waals surface area contributed by atoms with E-state index in [-0.39, 0.29) is 0 Å². The van der Waals surface area contributed by atoms with Gasteiger partial charge in [-0.05, 0) is 68.5 Å². The Morgan fingerprint density at radius 1 is 1.35 bits per heavy atom. The molecule has 1 aliphatic rings. The van der Waals surface area contributed by atoms with Crippen molar-refractivity contribution in [1.82, 2.24) is 5.32 Å². The van der Waals surface area contributed by atoms with Gasteiger partial charge in [0.05, 0.1) is 7.11 Å². The normalized spacial score (nSPS) is 17.1. The molecule has 2 rings (SSSR count). The molecule has 17 heavy (non-hydrogen) atoms. The maximum Gasteiger partial charge on any atom is 0.120 e. The second-order valence-electron chi connectivity index (χ2n) is 4.79. The summed E-state index contributed by atoms with van der Waals surface area (Å²) < 4.78 is 6.49. The maximum absolute atomic E-state index is 5.34. The van der Waals surface area contributed by atoms with Crippen LogP contribution < -0.4 is 10.1 Å². The molecule has 1 aromatic rings. The van der Waals surface area contributed by atoms with E-state index in [2.05, 4.69) is 34.2 Å². The molecule has 94 valence electrons. The third-order valence-electron chi connectivity index (χ3n) is 3.63. The van der Waals surface area contributed by atoms with E-state index in [9.17, 15) is 0 Å². The van der Waals surface area contributed by atoms with Gasteiger partial charge in [0.1, 0.15) is 5.75 Å². The molecular weight excluding hydrogens is 278 g/mol. The Morgan fingerprint density at radius 2 is 2.06 bits per heavy atom. The van der Waals surface area contributed by atoms with Crippen LogP contribution in [0.25, 0.3) is 0 Å². The zero-order valence-corrected chi connectivity index (χ0v) is 12.1. The average Bonchev–Trinajstić information content (AvgIpc) is 2.36. The zero-order valence-electron chi connectivity index (χ0n) is 10.6. The fourth-order valence-corrected chi connectivity index (χ4v) is 2.92. The predicted molar refractivity (Wildman–Crippen MR) is 74.7 cm³/mol. The van der Waals surface area contributed by atoms with Crippen molar-refractivity contribution in [3.05, 3.63) is 27.7 Å². The van der Waals surface area contributed by atoms with Gasteiger partial charge in [-0.3, -0.25) is 0 Å². The van der Waals surface area contributed by atoms with Gasteiger partial charge in [-0.15, -0.1) is 0 Å². The lowest BCUT2D eigenvalue weighted by molar-refractivity contribution is 0.370. The summed E-state index contributed by atoms with van der Waals surface area (Å²) in [6.45, 7) is 4.50. The van der Waals surface area contributed by atoms with Crippen LogP contribution in [0.3, 0.4) is 0 Å². The fourth-order valence-electron chi connectivity index (χ4n) is 2.43. The zero-order chi connectivity index (χ0) is 12.3. The Balaban J connectivity index is 2.15. The van der Waals surface area contributed by atoms with Crippen molar-refractivity contribution in [3.8, 4) is 5.75 Å². The minimum absolute atomic E-state index is 0.814. The van der Waals surface area contributed by atoms with Gasteiger partial charge in [0.15, 0.2) is 0 Å². The molecule has 0 spiro atoms. The summed E-state index contributed by atoms with van der Waals surface area (Å²) in [4.78, 5) is 0. The van der Waals surface area contributed by atoms with Crippen molar-refractivity contribution in [2.24, 2.45) is 5.92 Å². The van der Waals surface area contributed by atoms with Gasteiger partial charge >= 0.3 is 0 Å². The standard InChI is InChI=1S/C14H20BrNO/c1-10-12(7-11-3-5-16-6-4-11)8-13(17-2)9-14(10)15/h8-9,11,16H,3-7H2,1-2H3. The Kier molecular flexibility index (Phi) is 4.46. The molecule has 1 heterocycles. The number of nitrogens with one attached hydrogen (secondary N) is 1. The monoisotopic (exact) mass is 297 g/mol. The molecule has 0 aliphatic carbocycles. The Morgan fingerprint density at radius 3 is 2.71 bits per heavy atom. The van der Waals surface area contributed by atoms with Gasteiger partial charge in [-0.25, -0.2) is 0 Å². The van der Waals surface area contributed by atoms with Crippen LogP contribution in [0.5, 0.6) is 5.75 Å². The molecule has 1 N–H and O–H groups in total. The first-order valence-corrected chi connectivity index (χ1v) is 7.03. The SMILES string of the molecule is COc1cc(Br)c(C)c(CC2CCNCC2)c1. The summed E-state index contributed by atoms with van der Waals surface area (Å²) in [6, 6.07) is 4.23. The van der Waals surface area contributed by atoms with Gasteiger partial charge in [0.25, 0.3) is 0 Å².